The van der Waals surface area contributed by atoms with E-state index in [1.165, 1.54) is 0 Å². The lowest BCUT2D eigenvalue weighted by Crippen LogP contribution is -2.13. The maximum atomic E-state index is 12.8. The molecule has 0 aliphatic heterocycles. The number of nitrogens with zero attached hydrogens (tertiary/aromatic N) is 2. The van der Waals surface area contributed by atoms with E-state index in [1.807, 2.05) is 36.5 Å². The molecule has 3 aromatic carbocycles. The van der Waals surface area contributed by atoms with Crippen molar-refractivity contribution in [2.24, 2.45) is 0 Å². The summed E-state index contributed by atoms with van der Waals surface area (Å²) in [6.45, 7) is 0.601. The zero-order valence-corrected chi connectivity index (χ0v) is 17.5. The number of rotatable bonds is 7. The van der Waals surface area contributed by atoms with Gasteiger partial charge in [0.2, 0.25) is 0 Å². The molecule has 1 N–H and O–H groups in total. The minimum Gasteiger partial charge on any atom is -0.322 e. The molecule has 6 nitrogen and oxygen atoms in total. The first-order valence-corrected chi connectivity index (χ1v) is 11.4. The molecule has 4 rings (SSSR count). The Balaban J connectivity index is 1.47. The number of hydrogen-bond acceptors (Lipinski definition) is 4. The van der Waals surface area contributed by atoms with Gasteiger partial charge >= 0.3 is 0 Å². The Labute approximate surface area is 181 Å². The highest BCUT2D eigenvalue weighted by atomic mass is 32.2. The average molecular weight is 432 g/mol. The van der Waals surface area contributed by atoms with Gasteiger partial charge in [0, 0.05) is 23.6 Å². The van der Waals surface area contributed by atoms with Crippen molar-refractivity contribution in [2.75, 3.05) is 5.32 Å². The summed E-state index contributed by atoms with van der Waals surface area (Å²) in [5.74, 6) is -0.465. The van der Waals surface area contributed by atoms with Gasteiger partial charge in [0.05, 0.1) is 17.2 Å². The first-order chi connectivity index (χ1) is 15.0. The number of carbonyl (C=O) groups excluding carboxylic acids is 1. The fourth-order valence-corrected chi connectivity index (χ4v) is 4.62. The molecular formula is C24H21N3O3S. The third-order valence-corrected chi connectivity index (χ3v) is 6.44. The van der Waals surface area contributed by atoms with E-state index in [9.17, 15) is 13.2 Å². The average Bonchev–Trinajstić information content (AvgIpc) is 3.27. The molecule has 0 bridgehead atoms. The van der Waals surface area contributed by atoms with Crippen molar-refractivity contribution in [3.05, 3.63) is 114 Å². The summed E-state index contributed by atoms with van der Waals surface area (Å²) < 4.78 is 27.1. The van der Waals surface area contributed by atoms with Crippen molar-refractivity contribution in [3.8, 4) is 0 Å². The Morgan fingerprint density at radius 1 is 0.871 bits per heavy atom. The topological polar surface area (TPSA) is 81.1 Å². The van der Waals surface area contributed by atoms with Gasteiger partial charge in [0.15, 0.2) is 9.84 Å². The molecule has 0 aliphatic rings. The van der Waals surface area contributed by atoms with Gasteiger partial charge in [-0.15, -0.1) is 0 Å². The van der Waals surface area contributed by atoms with Crippen LogP contribution in [0.4, 0.5) is 5.69 Å². The largest absolute Gasteiger partial charge is 0.322 e. The molecule has 0 saturated heterocycles. The van der Waals surface area contributed by atoms with Crippen LogP contribution in [0.5, 0.6) is 0 Å². The predicted molar refractivity (Wildman–Crippen MR) is 119 cm³/mol. The number of aromatic nitrogens is 2. The Kier molecular flexibility index (Phi) is 5.95. The summed E-state index contributed by atoms with van der Waals surface area (Å²) >= 11 is 0. The molecule has 7 heteroatoms. The maximum absolute atomic E-state index is 12.8. The number of sulfone groups is 1. The minimum absolute atomic E-state index is 0.169. The third kappa shape index (κ3) is 5.26. The highest BCUT2D eigenvalue weighted by Crippen LogP contribution is 2.18. The molecule has 31 heavy (non-hydrogen) atoms. The van der Waals surface area contributed by atoms with E-state index < -0.39 is 9.84 Å². The van der Waals surface area contributed by atoms with E-state index in [1.54, 1.807) is 65.5 Å². The molecule has 1 amide bonds. The highest BCUT2D eigenvalue weighted by Gasteiger charge is 2.16. The minimum atomic E-state index is -3.49. The summed E-state index contributed by atoms with van der Waals surface area (Å²) in [5.41, 5.74) is 2.63. The van der Waals surface area contributed by atoms with E-state index in [2.05, 4.69) is 10.4 Å². The van der Waals surface area contributed by atoms with Gasteiger partial charge in [-0.05, 0) is 53.6 Å². The van der Waals surface area contributed by atoms with Crippen LogP contribution in [-0.2, 0) is 22.1 Å². The standard InChI is InChI=1S/C24H21N3O3S/c28-24(26-22-10-5-7-19(16-22)17-27-14-6-13-25-27)21-9-4-8-20(15-21)18-31(29,30)23-11-2-1-3-12-23/h1-16H,17-18H2,(H,26,28). The second-order valence-electron chi connectivity index (χ2n) is 7.13. The molecule has 1 aromatic heterocycles. The molecule has 0 saturated carbocycles. The number of anilines is 1. The number of carbonyl (C=O) groups is 1. The maximum Gasteiger partial charge on any atom is 0.255 e. The summed E-state index contributed by atoms with van der Waals surface area (Å²) in [7, 11) is -3.49. The molecule has 156 valence electrons. The molecule has 4 aromatic rings. The summed E-state index contributed by atoms with van der Waals surface area (Å²) in [4.78, 5) is 13.0. The smallest absolute Gasteiger partial charge is 0.255 e. The van der Waals surface area contributed by atoms with Crippen LogP contribution in [0.25, 0.3) is 0 Å². The summed E-state index contributed by atoms with van der Waals surface area (Å²) in [6.07, 6.45) is 3.59. The quantitative estimate of drug-likeness (QED) is 0.476. The first kappa shape index (κ1) is 20.6. The van der Waals surface area contributed by atoms with Gasteiger partial charge in [0.25, 0.3) is 5.91 Å². The van der Waals surface area contributed by atoms with Gasteiger partial charge in [-0.25, -0.2) is 8.42 Å². The second kappa shape index (κ2) is 8.97. The first-order valence-electron chi connectivity index (χ1n) is 9.74. The van der Waals surface area contributed by atoms with Gasteiger partial charge in [0.1, 0.15) is 0 Å². The lowest BCUT2D eigenvalue weighted by molar-refractivity contribution is 0.102. The molecule has 1 heterocycles. The molecule has 0 atom stereocenters. The van der Waals surface area contributed by atoms with Crippen molar-refractivity contribution in [3.63, 3.8) is 0 Å². The van der Waals surface area contributed by atoms with Crippen LogP contribution >= 0.6 is 0 Å². The van der Waals surface area contributed by atoms with Crippen molar-refractivity contribution in [1.29, 1.82) is 0 Å². The Hall–Kier alpha value is -3.71. The number of nitrogens with one attached hydrogen (secondary N) is 1. The molecule has 0 unspecified atom stereocenters. The van der Waals surface area contributed by atoms with E-state index in [0.29, 0.717) is 23.4 Å². The fraction of sp³-hybridized carbons (Fsp3) is 0.0833. The van der Waals surface area contributed by atoms with E-state index in [4.69, 9.17) is 0 Å². The van der Waals surface area contributed by atoms with E-state index in [-0.39, 0.29) is 16.6 Å². The number of benzene rings is 3. The predicted octanol–water partition coefficient (Wildman–Crippen LogP) is 4.16. The van der Waals surface area contributed by atoms with E-state index >= 15 is 0 Å². The Morgan fingerprint density at radius 2 is 1.65 bits per heavy atom. The van der Waals surface area contributed by atoms with Crippen LogP contribution in [0.15, 0.2) is 102 Å². The van der Waals surface area contributed by atoms with Crippen molar-refractivity contribution in [1.82, 2.24) is 9.78 Å². The highest BCUT2D eigenvalue weighted by molar-refractivity contribution is 7.90. The van der Waals surface area contributed by atoms with Gasteiger partial charge in [-0.3, -0.25) is 9.48 Å². The summed E-state index contributed by atoms with van der Waals surface area (Å²) in [6, 6.07) is 24.4. The summed E-state index contributed by atoms with van der Waals surface area (Å²) in [5, 5.41) is 7.07. The van der Waals surface area contributed by atoms with Crippen LogP contribution in [0.1, 0.15) is 21.5 Å². The molecule has 0 fully saturated rings. The Bertz CT molecular complexity index is 1280. The number of amides is 1. The van der Waals surface area contributed by atoms with Crippen LogP contribution in [0.3, 0.4) is 0 Å². The molecule has 0 aliphatic carbocycles. The van der Waals surface area contributed by atoms with E-state index in [0.717, 1.165) is 5.56 Å². The normalized spacial score (nSPS) is 11.2. The van der Waals surface area contributed by atoms with Gasteiger partial charge in [-0.2, -0.15) is 5.10 Å². The number of hydrogen-bond donors (Lipinski definition) is 1. The monoisotopic (exact) mass is 431 g/mol. The SMILES string of the molecule is O=C(Nc1cccc(Cn2cccn2)c1)c1cccc(CS(=O)(=O)c2ccccc2)c1. The van der Waals surface area contributed by atoms with Crippen LogP contribution in [-0.4, -0.2) is 24.1 Å². The lowest BCUT2D eigenvalue weighted by atomic mass is 10.1. The lowest BCUT2D eigenvalue weighted by Gasteiger charge is -2.09. The molecule has 0 radical (unpaired) electrons. The fourth-order valence-electron chi connectivity index (χ4n) is 3.26. The van der Waals surface area contributed by atoms with Crippen molar-refractivity contribution in [2.45, 2.75) is 17.2 Å². The second-order valence-corrected chi connectivity index (χ2v) is 9.12. The van der Waals surface area contributed by atoms with Crippen LogP contribution in [0.2, 0.25) is 0 Å². The zero-order valence-electron chi connectivity index (χ0n) is 16.7. The van der Waals surface area contributed by atoms with Gasteiger partial charge < -0.3 is 5.32 Å². The van der Waals surface area contributed by atoms with Crippen LogP contribution in [0, 0.1) is 0 Å². The zero-order chi connectivity index (χ0) is 21.7. The third-order valence-electron chi connectivity index (χ3n) is 4.74. The van der Waals surface area contributed by atoms with Crippen molar-refractivity contribution < 1.29 is 13.2 Å². The van der Waals surface area contributed by atoms with Gasteiger partial charge in [-0.1, -0.05) is 42.5 Å². The molecular weight excluding hydrogens is 410 g/mol. The van der Waals surface area contributed by atoms with Crippen molar-refractivity contribution >= 4 is 21.4 Å². The Morgan fingerprint density at radius 3 is 2.42 bits per heavy atom. The molecule has 0 spiro atoms. The van der Waals surface area contributed by atoms with Crippen LogP contribution < -0.4 is 5.32 Å².